The summed E-state index contributed by atoms with van der Waals surface area (Å²) in [5, 5.41) is 11.1. The van der Waals surface area contributed by atoms with E-state index >= 15 is 0 Å². The summed E-state index contributed by atoms with van der Waals surface area (Å²) in [5.74, 6) is -0.0889. The minimum atomic E-state index is -0.808. The standard InChI is InChI=1S/C18H18N2O4/c1-13(24-17-11-5-4-10-16(17)20(22)23)18(21)19-12-6-8-14-7-2-3-9-15(14)19/h2-5,7,9-11,13H,6,8,12H2,1H3. The number of hydrogen-bond donors (Lipinski definition) is 0. The molecule has 0 saturated carbocycles. The van der Waals surface area contributed by atoms with Crippen molar-refractivity contribution in [3.63, 3.8) is 0 Å². The lowest BCUT2D eigenvalue weighted by Crippen LogP contribution is -2.43. The fourth-order valence-electron chi connectivity index (χ4n) is 2.93. The zero-order valence-electron chi connectivity index (χ0n) is 13.3. The molecule has 2 aromatic carbocycles. The second-order valence-corrected chi connectivity index (χ2v) is 5.71. The maximum atomic E-state index is 12.8. The maximum Gasteiger partial charge on any atom is 0.310 e. The van der Waals surface area contributed by atoms with Gasteiger partial charge in [0.25, 0.3) is 5.91 Å². The van der Waals surface area contributed by atoms with Crippen LogP contribution in [0.25, 0.3) is 0 Å². The molecule has 0 N–H and O–H groups in total. The number of amides is 1. The van der Waals surface area contributed by atoms with Crippen LogP contribution in [0, 0.1) is 10.1 Å². The lowest BCUT2D eigenvalue weighted by molar-refractivity contribution is -0.386. The van der Waals surface area contributed by atoms with Crippen molar-refractivity contribution >= 4 is 17.3 Å². The molecule has 6 heteroatoms. The van der Waals surface area contributed by atoms with Gasteiger partial charge >= 0.3 is 5.69 Å². The minimum absolute atomic E-state index is 0.105. The number of rotatable bonds is 4. The first-order chi connectivity index (χ1) is 11.6. The van der Waals surface area contributed by atoms with Gasteiger partial charge in [-0.3, -0.25) is 14.9 Å². The molecule has 0 bridgehead atoms. The molecule has 1 amide bonds. The number of nitro benzene ring substituents is 1. The number of carbonyl (C=O) groups is 1. The maximum absolute atomic E-state index is 12.8. The molecule has 24 heavy (non-hydrogen) atoms. The zero-order chi connectivity index (χ0) is 17.1. The number of benzene rings is 2. The van der Waals surface area contributed by atoms with Gasteiger partial charge in [-0.2, -0.15) is 0 Å². The van der Waals surface area contributed by atoms with Crippen molar-refractivity contribution in [1.29, 1.82) is 0 Å². The van der Waals surface area contributed by atoms with Crippen molar-refractivity contribution in [2.45, 2.75) is 25.9 Å². The molecule has 2 aromatic rings. The Labute approximate surface area is 139 Å². The van der Waals surface area contributed by atoms with Crippen molar-refractivity contribution in [3.05, 3.63) is 64.2 Å². The molecule has 1 aliphatic rings. The largest absolute Gasteiger partial charge is 0.474 e. The van der Waals surface area contributed by atoms with Crippen molar-refractivity contribution in [2.24, 2.45) is 0 Å². The summed E-state index contributed by atoms with van der Waals surface area (Å²) in [4.78, 5) is 25.0. The van der Waals surface area contributed by atoms with Gasteiger partial charge in [-0.1, -0.05) is 30.3 Å². The summed E-state index contributed by atoms with van der Waals surface area (Å²) in [6, 6.07) is 13.9. The van der Waals surface area contributed by atoms with E-state index in [9.17, 15) is 14.9 Å². The third kappa shape index (κ3) is 3.08. The van der Waals surface area contributed by atoms with Crippen LogP contribution < -0.4 is 9.64 Å². The first kappa shape index (κ1) is 16.0. The van der Waals surface area contributed by atoms with Crippen LogP contribution >= 0.6 is 0 Å². The number of nitro groups is 1. The summed E-state index contributed by atoms with van der Waals surface area (Å²) < 4.78 is 5.60. The third-order valence-electron chi connectivity index (χ3n) is 4.09. The fraction of sp³-hybridized carbons (Fsp3) is 0.278. The van der Waals surface area contributed by atoms with E-state index in [1.165, 1.54) is 12.1 Å². The Kier molecular flexibility index (Phi) is 4.46. The summed E-state index contributed by atoms with van der Waals surface area (Å²) in [5.41, 5.74) is 1.89. The van der Waals surface area contributed by atoms with E-state index in [1.54, 1.807) is 24.0 Å². The average molecular weight is 326 g/mol. The van der Waals surface area contributed by atoms with Gasteiger partial charge in [0.15, 0.2) is 11.9 Å². The first-order valence-corrected chi connectivity index (χ1v) is 7.87. The Balaban J connectivity index is 1.81. The quantitative estimate of drug-likeness (QED) is 0.638. The second-order valence-electron chi connectivity index (χ2n) is 5.71. The second kappa shape index (κ2) is 6.70. The van der Waals surface area contributed by atoms with Crippen LogP contribution in [0.5, 0.6) is 5.75 Å². The van der Waals surface area contributed by atoms with E-state index in [1.807, 2.05) is 24.3 Å². The number of hydrogen-bond acceptors (Lipinski definition) is 4. The lowest BCUT2D eigenvalue weighted by atomic mass is 10.0. The zero-order valence-corrected chi connectivity index (χ0v) is 13.3. The highest BCUT2D eigenvalue weighted by Gasteiger charge is 2.28. The predicted molar refractivity (Wildman–Crippen MR) is 90.3 cm³/mol. The normalized spacial score (nSPS) is 14.6. The van der Waals surface area contributed by atoms with Gasteiger partial charge in [-0.05, 0) is 37.5 Å². The SMILES string of the molecule is CC(Oc1ccccc1[N+](=O)[O-])C(=O)N1CCCc2ccccc21. The minimum Gasteiger partial charge on any atom is -0.474 e. The fourth-order valence-corrected chi connectivity index (χ4v) is 2.93. The number of ether oxygens (including phenoxy) is 1. The van der Waals surface area contributed by atoms with E-state index in [4.69, 9.17) is 4.74 Å². The first-order valence-electron chi connectivity index (χ1n) is 7.87. The molecule has 124 valence electrons. The highest BCUT2D eigenvalue weighted by Crippen LogP contribution is 2.30. The van der Waals surface area contributed by atoms with Crippen molar-refractivity contribution in [2.75, 3.05) is 11.4 Å². The van der Waals surface area contributed by atoms with Gasteiger partial charge in [0, 0.05) is 18.3 Å². The lowest BCUT2D eigenvalue weighted by Gasteiger charge is -2.31. The number of aryl methyl sites for hydroxylation is 1. The molecule has 3 rings (SSSR count). The predicted octanol–water partition coefficient (Wildman–Crippen LogP) is 3.34. The molecule has 1 heterocycles. The number of nitrogens with zero attached hydrogens (tertiary/aromatic N) is 2. The van der Waals surface area contributed by atoms with Gasteiger partial charge in [0.1, 0.15) is 0 Å². The summed E-state index contributed by atoms with van der Waals surface area (Å²) >= 11 is 0. The van der Waals surface area contributed by atoms with Crippen molar-refractivity contribution < 1.29 is 14.5 Å². The third-order valence-corrected chi connectivity index (χ3v) is 4.09. The van der Waals surface area contributed by atoms with Gasteiger partial charge in [0.2, 0.25) is 0 Å². The van der Waals surface area contributed by atoms with E-state index in [0.29, 0.717) is 6.54 Å². The summed E-state index contributed by atoms with van der Waals surface area (Å²) in [6.45, 7) is 2.25. The molecular weight excluding hydrogens is 308 g/mol. The molecule has 1 aliphatic heterocycles. The molecule has 0 fully saturated rings. The summed E-state index contributed by atoms with van der Waals surface area (Å²) in [7, 11) is 0. The van der Waals surface area contributed by atoms with Gasteiger partial charge in [-0.15, -0.1) is 0 Å². The van der Waals surface area contributed by atoms with Crippen LogP contribution in [-0.4, -0.2) is 23.5 Å². The number of anilines is 1. The Morgan fingerprint density at radius 2 is 1.92 bits per heavy atom. The Morgan fingerprint density at radius 3 is 2.71 bits per heavy atom. The molecule has 0 saturated heterocycles. The smallest absolute Gasteiger partial charge is 0.310 e. The van der Waals surface area contributed by atoms with Crippen LogP contribution in [0.15, 0.2) is 48.5 Å². The van der Waals surface area contributed by atoms with Crippen molar-refractivity contribution in [1.82, 2.24) is 0 Å². The topological polar surface area (TPSA) is 72.7 Å². The van der Waals surface area contributed by atoms with E-state index in [2.05, 4.69) is 0 Å². The van der Waals surface area contributed by atoms with Gasteiger partial charge in [-0.25, -0.2) is 0 Å². The molecule has 0 spiro atoms. The molecule has 0 aliphatic carbocycles. The average Bonchev–Trinajstić information content (AvgIpc) is 2.61. The Hall–Kier alpha value is -2.89. The number of carbonyl (C=O) groups excluding carboxylic acids is 1. The highest BCUT2D eigenvalue weighted by molar-refractivity contribution is 5.97. The molecule has 0 aromatic heterocycles. The van der Waals surface area contributed by atoms with Crippen molar-refractivity contribution in [3.8, 4) is 5.75 Å². The molecule has 6 nitrogen and oxygen atoms in total. The monoisotopic (exact) mass is 326 g/mol. The molecule has 1 unspecified atom stereocenters. The van der Waals surface area contributed by atoms with Crippen LogP contribution in [0.2, 0.25) is 0 Å². The Bertz CT molecular complexity index is 775. The number of fused-ring (bicyclic) bond motifs is 1. The van der Waals surface area contributed by atoms with Crippen LogP contribution in [-0.2, 0) is 11.2 Å². The molecular formula is C18H18N2O4. The highest BCUT2D eigenvalue weighted by atomic mass is 16.6. The van der Waals surface area contributed by atoms with Gasteiger partial charge < -0.3 is 9.64 Å². The van der Waals surface area contributed by atoms with E-state index < -0.39 is 11.0 Å². The molecule has 1 atom stereocenters. The van der Waals surface area contributed by atoms with Crippen LogP contribution in [0.4, 0.5) is 11.4 Å². The van der Waals surface area contributed by atoms with Crippen LogP contribution in [0.1, 0.15) is 18.9 Å². The van der Waals surface area contributed by atoms with Gasteiger partial charge in [0.05, 0.1) is 4.92 Å². The molecule has 0 radical (unpaired) electrons. The van der Waals surface area contributed by atoms with Crippen LogP contribution in [0.3, 0.4) is 0 Å². The summed E-state index contributed by atoms with van der Waals surface area (Å²) in [6.07, 6.45) is 1.03. The van der Waals surface area contributed by atoms with E-state index in [-0.39, 0.29) is 17.3 Å². The number of para-hydroxylation sites is 3. The Morgan fingerprint density at radius 1 is 1.21 bits per heavy atom. The van der Waals surface area contributed by atoms with E-state index in [0.717, 1.165) is 24.1 Å².